The predicted molar refractivity (Wildman–Crippen MR) is 134 cm³/mol. The molecule has 2 saturated carbocycles. The van der Waals surface area contributed by atoms with Crippen LogP contribution in [0.15, 0.2) is 24.8 Å². The summed E-state index contributed by atoms with van der Waals surface area (Å²) in [5, 5.41) is 0. The fourth-order valence-electron chi connectivity index (χ4n) is 5.53. The molecule has 0 N–H and O–H groups in total. The first-order valence-corrected chi connectivity index (χ1v) is 13.5. The van der Waals surface area contributed by atoms with Gasteiger partial charge in [0.2, 0.25) is 5.82 Å². The van der Waals surface area contributed by atoms with E-state index in [9.17, 15) is 23.2 Å². The fourth-order valence-corrected chi connectivity index (χ4v) is 5.53. The Balaban J connectivity index is 1.44. The Labute approximate surface area is 217 Å². The highest BCUT2D eigenvalue weighted by molar-refractivity contribution is 5.90. The van der Waals surface area contributed by atoms with E-state index in [1.54, 1.807) is 0 Å². The van der Waals surface area contributed by atoms with E-state index in [1.807, 2.05) is 0 Å². The molecule has 3 rings (SSSR count). The number of unbranched alkanes of at least 4 members (excludes halogenated alkanes) is 1. The van der Waals surface area contributed by atoms with Crippen molar-refractivity contribution in [1.82, 2.24) is 0 Å². The van der Waals surface area contributed by atoms with Crippen molar-refractivity contribution >= 4 is 17.9 Å². The highest BCUT2D eigenvalue weighted by atomic mass is 19.2. The zero-order chi connectivity index (χ0) is 26.8. The number of esters is 3. The lowest BCUT2D eigenvalue weighted by atomic mass is 9.69. The monoisotopic (exact) mass is 520 g/mol. The molecule has 6 nitrogen and oxygen atoms in total. The highest BCUT2D eigenvalue weighted by Crippen LogP contribution is 2.42. The summed E-state index contributed by atoms with van der Waals surface area (Å²) in [6.45, 7) is 5.62. The molecule has 1 aromatic carbocycles. The summed E-state index contributed by atoms with van der Waals surface area (Å²) in [5.74, 6) is -3.58. The van der Waals surface area contributed by atoms with Crippen LogP contribution < -0.4 is 4.74 Å². The maximum atomic E-state index is 14.6. The first-order valence-electron chi connectivity index (χ1n) is 13.5. The van der Waals surface area contributed by atoms with Gasteiger partial charge in [-0.3, -0.25) is 4.79 Å². The molecule has 1 aromatic rings. The first-order chi connectivity index (χ1) is 17.8. The van der Waals surface area contributed by atoms with Gasteiger partial charge in [-0.1, -0.05) is 32.8 Å². The Kier molecular flexibility index (Phi) is 11.1. The van der Waals surface area contributed by atoms with Crippen LogP contribution in [-0.2, 0) is 19.1 Å². The normalized spacial score (nSPS) is 23.6. The fraction of sp³-hybridized carbons (Fsp3) is 0.621. The summed E-state index contributed by atoms with van der Waals surface area (Å²) in [6, 6.07) is 2.14. The van der Waals surface area contributed by atoms with Crippen LogP contribution in [0.5, 0.6) is 5.75 Å². The third-order valence-corrected chi connectivity index (χ3v) is 7.90. The van der Waals surface area contributed by atoms with E-state index in [-0.39, 0.29) is 19.1 Å². The van der Waals surface area contributed by atoms with Gasteiger partial charge in [-0.2, -0.15) is 4.39 Å². The second kappa shape index (κ2) is 14.2. The van der Waals surface area contributed by atoms with Gasteiger partial charge in [0.1, 0.15) is 0 Å². The quantitative estimate of drug-likeness (QED) is 0.142. The molecule has 0 saturated heterocycles. The molecular weight excluding hydrogens is 482 g/mol. The highest BCUT2D eigenvalue weighted by Gasteiger charge is 2.34. The number of carbonyl (C=O) groups excluding carboxylic acids is 3. The van der Waals surface area contributed by atoms with Crippen LogP contribution in [0.25, 0.3) is 0 Å². The largest absolute Gasteiger partial charge is 0.463 e. The summed E-state index contributed by atoms with van der Waals surface area (Å²) < 4.78 is 44.1. The molecule has 0 amide bonds. The molecule has 0 atom stereocenters. The van der Waals surface area contributed by atoms with Crippen molar-refractivity contribution in [2.45, 2.75) is 77.6 Å². The first kappa shape index (κ1) is 28.8. The molecule has 0 aliphatic heterocycles. The Morgan fingerprint density at radius 1 is 0.892 bits per heavy atom. The Bertz CT molecular complexity index is 946. The van der Waals surface area contributed by atoms with Crippen LogP contribution in [-0.4, -0.2) is 31.1 Å². The van der Waals surface area contributed by atoms with Crippen molar-refractivity contribution in [1.29, 1.82) is 0 Å². The van der Waals surface area contributed by atoms with Gasteiger partial charge in [0.25, 0.3) is 0 Å². The molecule has 2 fully saturated rings. The number of rotatable bonds is 11. The van der Waals surface area contributed by atoms with E-state index in [1.165, 1.54) is 32.1 Å². The van der Waals surface area contributed by atoms with Gasteiger partial charge in [0.15, 0.2) is 11.6 Å². The van der Waals surface area contributed by atoms with Crippen molar-refractivity contribution in [3.8, 4) is 5.75 Å². The summed E-state index contributed by atoms with van der Waals surface area (Å²) in [6.07, 6.45) is 11.5. The van der Waals surface area contributed by atoms with Gasteiger partial charge in [0.05, 0.1) is 24.7 Å². The van der Waals surface area contributed by atoms with Crippen LogP contribution in [0.4, 0.5) is 8.78 Å². The minimum absolute atomic E-state index is 0.0506. The van der Waals surface area contributed by atoms with Crippen LogP contribution in [0.2, 0.25) is 0 Å². The smallest absolute Gasteiger partial charge is 0.341 e. The third kappa shape index (κ3) is 8.11. The number of hydrogen-bond acceptors (Lipinski definition) is 6. The lowest BCUT2D eigenvalue weighted by molar-refractivity contribution is -0.141. The molecule has 0 heterocycles. The maximum Gasteiger partial charge on any atom is 0.341 e. The maximum absolute atomic E-state index is 14.6. The summed E-state index contributed by atoms with van der Waals surface area (Å²) >= 11 is 0. The molecule has 2 aliphatic carbocycles. The number of carbonyl (C=O) groups is 3. The second-order valence-corrected chi connectivity index (χ2v) is 10.2. The average molecular weight is 521 g/mol. The van der Waals surface area contributed by atoms with Crippen LogP contribution in [0.3, 0.4) is 0 Å². The van der Waals surface area contributed by atoms with Crippen molar-refractivity contribution in [2.24, 2.45) is 23.7 Å². The molecule has 8 heteroatoms. The Morgan fingerprint density at radius 3 is 2.08 bits per heavy atom. The molecule has 0 radical (unpaired) electrons. The van der Waals surface area contributed by atoms with Gasteiger partial charge in [-0.05, 0) is 81.3 Å². The number of ether oxygens (including phenoxy) is 3. The number of benzene rings is 1. The van der Waals surface area contributed by atoms with Crippen molar-refractivity contribution in [3.63, 3.8) is 0 Å². The minimum Gasteiger partial charge on any atom is -0.463 e. The summed E-state index contributed by atoms with van der Waals surface area (Å²) in [5.41, 5.74) is -0.575. The van der Waals surface area contributed by atoms with Crippen LogP contribution in [0, 0.1) is 35.3 Å². The lowest BCUT2D eigenvalue weighted by Gasteiger charge is -2.37. The zero-order valence-corrected chi connectivity index (χ0v) is 21.6. The van der Waals surface area contributed by atoms with Crippen LogP contribution >= 0.6 is 0 Å². The van der Waals surface area contributed by atoms with E-state index < -0.39 is 40.9 Å². The summed E-state index contributed by atoms with van der Waals surface area (Å²) in [4.78, 5) is 35.8. The molecule has 2 aliphatic rings. The molecule has 0 unspecified atom stereocenters. The Hall–Kier alpha value is -2.77. The van der Waals surface area contributed by atoms with Crippen LogP contribution in [0.1, 0.15) is 87.9 Å². The van der Waals surface area contributed by atoms with Crippen molar-refractivity contribution in [3.05, 3.63) is 42.0 Å². The van der Waals surface area contributed by atoms with E-state index in [0.717, 1.165) is 42.9 Å². The van der Waals surface area contributed by atoms with Crippen molar-refractivity contribution < 1.29 is 37.4 Å². The third-order valence-electron chi connectivity index (χ3n) is 7.90. The van der Waals surface area contributed by atoms with Gasteiger partial charge in [0, 0.05) is 6.08 Å². The molecule has 204 valence electrons. The predicted octanol–water partition coefficient (Wildman–Crippen LogP) is 6.56. The van der Waals surface area contributed by atoms with E-state index >= 15 is 0 Å². The van der Waals surface area contributed by atoms with Gasteiger partial charge in [-0.15, -0.1) is 0 Å². The molecule has 0 bridgehead atoms. The molecule has 0 spiro atoms. The Morgan fingerprint density at radius 2 is 1.49 bits per heavy atom. The lowest BCUT2D eigenvalue weighted by Crippen LogP contribution is -2.30. The summed E-state index contributed by atoms with van der Waals surface area (Å²) in [7, 11) is 0. The average Bonchev–Trinajstić information content (AvgIpc) is 2.93. The second-order valence-electron chi connectivity index (χ2n) is 10.2. The molecule has 0 aromatic heterocycles. The topological polar surface area (TPSA) is 78.9 Å². The van der Waals surface area contributed by atoms with E-state index in [0.29, 0.717) is 31.6 Å². The van der Waals surface area contributed by atoms with E-state index in [4.69, 9.17) is 14.2 Å². The van der Waals surface area contributed by atoms with E-state index in [2.05, 4.69) is 13.5 Å². The van der Waals surface area contributed by atoms with Gasteiger partial charge >= 0.3 is 17.9 Å². The molecular formula is C29H38F2O6. The number of hydrogen-bond donors (Lipinski definition) is 0. The zero-order valence-electron chi connectivity index (χ0n) is 21.6. The standard InChI is InChI=1S/C29H38F2O6/c1-3-19-7-9-20(10-8-19)21-11-13-22(14-12-21)28(33)37-24-16-15-23(26(30)27(24)31)29(34)36-18-6-5-17-35-25(32)4-2/h4,15-16,19-22H,2-3,5-14,17-18H2,1H3. The number of halogens is 2. The van der Waals surface area contributed by atoms with Gasteiger partial charge < -0.3 is 14.2 Å². The minimum atomic E-state index is -1.42. The molecule has 37 heavy (non-hydrogen) atoms. The van der Waals surface area contributed by atoms with Crippen molar-refractivity contribution in [2.75, 3.05) is 13.2 Å². The van der Waals surface area contributed by atoms with Gasteiger partial charge in [-0.25, -0.2) is 14.0 Å². The SMILES string of the molecule is C=CC(=O)OCCCCOC(=O)c1ccc(OC(=O)C2CCC(C3CCC(CC)CC3)CC2)c(F)c1F.